The van der Waals surface area contributed by atoms with Gasteiger partial charge in [0.05, 0.1) is 18.8 Å². The lowest BCUT2D eigenvalue weighted by Crippen LogP contribution is -2.53. The van der Waals surface area contributed by atoms with Gasteiger partial charge in [-0.1, -0.05) is 13.8 Å². The first kappa shape index (κ1) is 26.0. The Morgan fingerprint density at radius 2 is 1.82 bits per heavy atom. The monoisotopic (exact) mass is 629 g/mol. The molecule has 3 aromatic carbocycles. The Kier molecular flexibility index (Phi) is 7.77. The molecule has 10 heteroatoms. The number of hydrazine groups is 1. The fourth-order valence-corrected chi connectivity index (χ4v) is 4.70. The molecule has 0 unspecified atom stereocenters. The third kappa shape index (κ3) is 5.31. The summed E-state index contributed by atoms with van der Waals surface area (Å²) < 4.78 is 23.6. The molecular weight excluding hydrogens is 601 g/mol. The van der Waals surface area contributed by atoms with Crippen LogP contribution in [0.25, 0.3) is 0 Å². The van der Waals surface area contributed by atoms with Crippen LogP contribution < -0.4 is 29.7 Å². The number of anilines is 1. The van der Waals surface area contributed by atoms with Crippen LogP contribution in [0.1, 0.15) is 59.1 Å². The first-order valence-corrected chi connectivity index (χ1v) is 13.6. The first-order chi connectivity index (χ1) is 18.5. The van der Waals surface area contributed by atoms with Gasteiger partial charge in [0, 0.05) is 26.5 Å². The Labute approximate surface area is 234 Å². The third-order valence-corrected chi connectivity index (χ3v) is 6.72. The van der Waals surface area contributed by atoms with Crippen LogP contribution in [0.2, 0.25) is 0 Å². The van der Waals surface area contributed by atoms with Crippen LogP contribution in [0, 0.1) is 3.57 Å². The van der Waals surface area contributed by atoms with Gasteiger partial charge in [-0.3, -0.25) is 15.0 Å². The topological polar surface area (TPSA) is 98.4 Å². The summed E-state index contributed by atoms with van der Waals surface area (Å²) in [5.74, 6) is 1.49. The molecule has 0 saturated heterocycles. The van der Waals surface area contributed by atoms with Crippen molar-refractivity contribution < 1.29 is 28.5 Å². The molecule has 1 atom stereocenters. The van der Waals surface area contributed by atoms with Gasteiger partial charge in [-0.05, 0) is 84.0 Å². The fraction of sp³-hybridized carbons (Fsp3) is 0.286. The minimum atomic E-state index is -0.736. The Hall–Kier alpha value is -3.67. The number of rotatable bonds is 9. The van der Waals surface area contributed by atoms with Crippen LogP contribution in [-0.4, -0.2) is 36.8 Å². The van der Waals surface area contributed by atoms with E-state index < -0.39 is 12.1 Å². The third-order valence-electron chi connectivity index (χ3n) is 6.05. The lowest BCUT2D eigenvalue weighted by Gasteiger charge is -2.38. The maximum atomic E-state index is 13.8. The quantitative estimate of drug-likeness (QED) is 0.302. The van der Waals surface area contributed by atoms with Crippen LogP contribution in [0.5, 0.6) is 23.0 Å². The van der Waals surface area contributed by atoms with Crippen molar-refractivity contribution in [3.8, 4) is 23.0 Å². The van der Waals surface area contributed by atoms with Gasteiger partial charge in [0.1, 0.15) is 11.5 Å². The number of fused-ring (bicyclic) bond motifs is 2. The van der Waals surface area contributed by atoms with Gasteiger partial charge in [-0.15, -0.1) is 0 Å². The number of hydrogen-bond acceptors (Lipinski definition) is 7. The summed E-state index contributed by atoms with van der Waals surface area (Å²) in [5.41, 5.74) is 4.96. The van der Waals surface area contributed by atoms with Crippen LogP contribution in [0.4, 0.5) is 5.69 Å². The number of nitrogens with one attached hydrogen (secondary N) is 2. The molecule has 3 aromatic rings. The molecule has 38 heavy (non-hydrogen) atoms. The van der Waals surface area contributed by atoms with Crippen molar-refractivity contribution in [1.29, 1.82) is 0 Å². The summed E-state index contributed by atoms with van der Waals surface area (Å²) in [6.45, 7) is 5.24. The predicted molar refractivity (Wildman–Crippen MR) is 150 cm³/mol. The second kappa shape index (κ2) is 11.4. The molecule has 198 valence electrons. The second-order valence-corrected chi connectivity index (χ2v) is 10.1. The molecule has 0 radical (unpaired) electrons. The highest BCUT2D eigenvalue weighted by Crippen LogP contribution is 2.39. The van der Waals surface area contributed by atoms with Crippen molar-refractivity contribution in [2.24, 2.45) is 0 Å². The largest absolute Gasteiger partial charge is 0.493 e. The van der Waals surface area contributed by atoms with Crippen molar-refractivity contribution in [3.63, 3.8) is 0 Å². The van der Waals surface area contributed by atoms with Gasteiger partial charge in [0.15, 0.2) is 17.7 Å². The van der Waals surface area contributed by atoms with E-state index in [-0.39, 0.29) is 12.7 Å². The highest BCUT2D eigenvalue weighted by Gasteiger charge is 2.36. The summed E-state index contributed by atoms with van der Waals surface area (Å²) in [5, 5.41) is 4.73. The molecule has 2 amide bonds. The second-order valence-electron chi connectivity index (χ2n) is 8.82. The van der Waals surface area contributed by atoms with Gasteiger partial charge in [-0.25, -0.2) is 5.01 Å². The molecule has 5 rings (SSSR count). The van der Waals surface area contributed by atoms with E-state index in [1.807, 2.05) is 44.2 Å². The van der Waals surface area contributed by atoms with Gasteiger partial charge in [0.2, 0.25) is 6.79 Å². The van der Waals surface area contributed by atoms with E-state index in [0.29, 0.717) is 58.6 Å². The van der Waals surface area contributed by atoms with Gasteiger partial charge >= 0.3 is 0 Å². The summed E-state index contributed by atoms with van der Waals surface area (Å²) in [6, 6.07) is 16.0. The van der Waals surface area contributed by atoms with Crippen molar-refractivity contribution in [3.05, 3.63) is 74.9 Å². The molecule has 0 aromatic heterocycles. The van der Waals surface area contributed by atoms with Gasteiger partial charge < -0.3 is 24.3 Å². The highest BCUT2D eigenvalue weighted by molar-refractivity contribution is 14.1. The molecule has 0 fully saturated rings. The Morgan fingerprint density at radius 3 is 2.63 bits per heavy atom. The molecule has 2 aliphatic rings. The molecule has 2 N–H and O–H groups in total. The van der Waals surface area contributed by atoms with Gasteiger partial charge in [0.25, 0.3) is 11.8 Å². The Bertz CT molecular complexity index is 1360. The number of halogens is 1. The summed E-state index contributed by atoms with van der Waals surface area (Å²) in [7, 11) is 0. The zero-order valence-electron chi connectivity index (χ0n) is 21.1. The number of carbonyl (C=O) groups excluding carboxylic acids is 2. The zero-order chi connectivity index (χ0) is 26.6. The number of benzene rings is 3. The molecule has 0 saturated carbocycles. The van der Waals surface area contributed by atoms with Crippen molar-refractivity contribution >= 4 is 40.1 Å². The van der Waals surface area contributed by atoms with E-state index in [4.69, 9.17) is 18.9 Å². The molecule has 0 spiro atoms. The zero-order valence-corrected chi connectivity index (χ0v) is 23.2. The van der Waals surface area contributed by atoms with Crippen molar-refractivity contribution in [2.45, 2.75) is 32.9 Å². The minimum Gasteiger partial charge on any atom is -0.493 e. The van der Waals surface area contributed by atoms with E-state index in [1.54, 1.807) is 24.3 Å². The molecule has 0 aliphatic carbocycles. The number of hydrogen-bond donors (Lipinski definition) is 2. The van der Waals surface area contributed by atoms with Crippen LogP contribution in [0.3, 0.4) is 0 Å². The lowest BCUT2D eigenvalue weighted by molar-refractivity contribution is 0.0487. The van der Waals surface area contributed by atoms with Crippen LogP contribution in [-0.2, 0) is 0 Å². The number of ether oxygens (including phenoxy) is 4. The Balaban J connectivity index is 1.52. The van der Waals surface area contributed by atoms with Crippen LogP contribution >= 0.6 is 22.6 Å². The average Bonchev–Trinajstić information content (AvgIpc) is 3.40. The molecular formula is C28H28IN3O6. The molecule has 9 nitrogen and oxygen atoms in total. The Morgan fingerprint density at radius 1 is 1.03 bits per heavy atom. The number of carbonyl (C=O) groups is 2. The summed E-state index contributed by atoms with van der Waals surface area (Å²) >= 11 is 2.16. The minimum absolute atomic E-state index is 0.102. The predicted octanol–water partition coefficient (Wildman–Crippen LogP) is 5.51. The fourth-order valence-electron chi connectivity index (χ4n) is 4.21. The van der Waals surface area contributed by atoms with E-state index >= 15 is 0 Å². The van der Waals surface area contributed by atoms with Crippen molar-refractivity contribution in [1.82, 2.24) is 10.4 Å². The summed E-state index contributed by atoms with van der Waals surface area (Å²) in [4.78, 5) is 27.2. The van der Waals surface area contributed by atoms with E-state index in [9.17, 15) is 9.59 Å². The first-order valence-electron chi connectivity index (χ1n) is 12.5. The normalized spacial score (nSPS) is 15.5. The highest BCUT2D eigenvalue weighted by atomic mass is 127. The van der Waals surface area contributed by atoms with E-state index in [1.165, 1.54) is 5.01 Å². The molecule has 2 aliphatic heterocycles. The van der Waals surface area contributed by atoms with E-state index in [2.05, 4.69) is 33.3 Å². The maximum Gasteiger partial charge on any atom is 0.276 e. The smallest absolute Gasteiger partial charge is 0.276 e. The molecule has 2 heterocycles. The number of nitrogens with zero attached hydrogens (tertiary/aromatic N) is 1. The van der Waals surface area contributed by atoms with E-state index in [0.717, 1.165) is 16.4 Å². The SMILES string of the molecule is CCCOc1ccc([C@@H]2Nc3ccc(I)cc3C(=O)N2NC(=O)c2ccc3c(c2)OCO3)c(OCCC)c1. The average molecular weight is 629 g/mol. The standard InChI is InChI=1S/C28H28IN3O6/c1-3-11-35-19-7-8-20(24(15-19)36-12-4-2)26-30-22-9-6-18(29)14-21(22)28(34)32(26)31-27(33)17-5-10-23-25(13-17)38-16-37-23/h5-10,13-15,26,30H,3-4,11-12,16H2,1-2H3,(H,31,33)/t26-/m1/s1. The molecule has 0 bridgehead atoms. The number of amides is 2. The lowest BCUT2D eigenvalue weighted by atomic mass is 10.0. The summed E-state index contributed by atoms with van der Waals surface area (Å²) in [6.07, 6.45) is 0.948. The maximum absolute atomic E-state index is 13.8. The van der Waals surface area contributed by atoms with Crippen molar-refractivity contribution in [2.75, 3.05) is 25.3 Å². The van der Waals surface area contributed by atoms with Gasteiger partial charge in [-0.2, -0.15) is 0 Å². The van der Waals surface area contributed by atoms with Crippen LogP contribution in [0.15, 0.2) is 54.6 Å².